The SMILES string of the molecule is C=C(COC(=O)OCC(C)C)CS(=O)(=O)c1ccccc1. The van der Waals surface area contributed by atoms with Crippen LogP contribution in [-0.2, 0) is 19.3 Å². The van der Waals surface area contributed by atoms with E-state index in [0.29, 0.717) is 5.57 Å². The second-order valence-electron chi connectivity index (χ2n) is 5.07. The van der Waals surface area contributed by atoms with Crippen molar-refractivity contribution in [1.82, 2.24) is 0 Å². The first-order valence-corrected chi connectivity index (χ1v) is 8.20. The number of carbonyl (C=O) groups excluding carboxylic acids is 1. The number of hydrogen-bond acceptors (Lipinski definition) is 5. The minimum absolute atomic E-state index is 0.178. The molecular formula is C15H20O5S. The molecule has 0 saturated heterocycles. The van der Waals surface area contributed by atoms with Crippen molar-refractivity contribution in [1.29, 1.82) is 0 Å². The predicted molar refractivity (Wildman–Crippen MR) is 79.8 cm³/mol. The van der Waals surface area contributed by atoms with E-state index in [2.05, 4.69) is 6.58 Å². The van der Waals surface area contributed by atoms with Crippen LogP contribution in [0.15, 0.2) is 47.4 Å². The largest absolute Gasteiger partial charge is 0.508 e. The standard InChI is InChI=1S/C15H20O5S/c1-12(2)9-19-15(16)20-10-13(3)11-21(17,18)14-7-5-4-6-8-14/h4-8,12H,3,9-11H2,1-2H3. The fourth-order valence-electron chi connectivity index (χ4n) is 1.46. The molecule has 0 aliphatic heterocycles. The molecule has 5 nitrogen and oxygen atoms in total. The molecule has 6 heteroatoms. The zero-order chi connectivity index (χ0) is 15.9. The van der Waals surface area contributed by atoms with Crippen molar-refractivity contribution in [2.45, 2.75) is 18.7 Å². The minimum Gasteiger partial charge on any atom is -0.434 e. The third kappa shape index (κ3) is 6.44. The van der Waals surface area contributed by atoms with Gasteiger partial charge in [0.2, 0.25) is 0 Å². The fraction of sp³-hybridized carbons (Fsp3) is 0.400. The molecule has 0 saturated carbocycles. The van der Waals surface area contributed by atoms with E-state index in [0.717, 1.165) is 0 Å². The zero-order valence-electron chi connectivity index (χ0n) is 12.2. The summed E-state index contributed by atoms with van der Waals surface area (Å²) in [5.74, 6) is -0.0618. The lowest BCUT2D eigenvalue weighted by molar-refractivity contribution is 0.0535. The van der Waals surface area contributed by atoms with Gasteiger partial charge in [-0.3, -0.25) is 0 Å². The van der Waals surface area contributed by atoms with Gasteiger partial charge in [0, 0.05) is 0 Å². The van der Waals surface area contributed by atoms with Gasteiger partial charge in [-0.1, -0.05) is 38.6 Å². The predicted octanol–water partition coefficient (Wildman–Crippen LogP) is 2.83. The van der Waals surface area contributed by atoms with Crippen LogP contribution < -0.4 is 0 Å². The maximum absolute atomic E-state index is 12.1. The first-order chi connectivity index (χ1) is 9.81. The van der Waals surface area contributed by atoms with Crippen LogP contribution in [0.1, 0.15) is 13.8 Å². The third-order valence-corrected chi connectivity index (χ3v) is 4.20. The Labute approximate surface area is 125 Å². The molecule has 0 bridgehead atoms. The summed E-state index contributed by atoms with van der Waals surface area (Å²) in [6.45, 7) is 7.50. The molecule has 0 amide bonds. The Morgan fingerprint density at radius 1 is 1.19 bits per heavy atom. The molecule has 0 aliphatic carbocycles. The van der Waals surface area contributed by atoms with E-state index < -0.39 is 16.0 Å². The normalized spacial score (nSPS) is 11.2. The highest BCUT2D eigenvalue weighted by Gasteiger charge is 2.16. The first kappa shape index (κ1) is 17.2. The summed E-state index contributed by atoms with van der Waals surface area (Å²) in [7, 11) is -3.46. The lowest BCUT2D eigenvalue weighted by Crippen LogP contribution is -2.16. The van der Waals surface area contributed by atoms with Crippen LogP contribution >= 0.6 is 0 Å². The number of sulfone groups is 1. The second kappa shape index (κ2) is 7.83. The van der Waals surface area contributed by atoms with Crippen LogP contribution in [0.4, 0.5) is 4.79 Å². The van der Waals surface area contributed by atoms with Gasteiger partial charge in [-0.05, 0) is 23.6 Å². The molecule has 0 unspecified atom stereocenters. The number of hydrogen-bond donors (Lipinski definition) is 0. The molecule has 0 spiro atoms. The highest BCUT2D eigenvalue weighted by molar-refractivity contribution is 7.91. The summed E-state index contributed by atoms with van der Waals surface area (Å²) in [5, 5.41) is 0. The third-order valence-electron chi connectivity index (χ3n) is 2.43. The van der Waals surface area contributed by atoms with E-state index in [1.807, 2.05) is 13.8 Å². The van der Waals surface area contributed by atoms with Gasteiger partial charge in [0.05, 0.1) is 17.3 Å². The van der Waals surface area contributed by atoms with Gasteiger partial charge in [0.1, 0.15) is 6.61 Å². The molecule has 0 radical (unpaired) electrons. The summed E-state index contributed by atoms with van der Waals surface area (Å²) in [5.41, 5.74) is 0.292. The molecule has 0 fully saturated rings. The van der Waals surface area contributed by atoms with Crippen LogP contribution in [0.5, 0.6) is 0 Å². The average Bonchev–Trinajstić information content (AvgIpc) is 2.43. The van der Waals surface area contributed by atoms with Crippen molar-refractivity contribution in [2.24, 2.45) is 5.92 Å². The van der Waals surface area contributed by atoms with Crippen molar-refractivity contribution in [3.05, 3.63) is 42.5 Å². The number of benzene rings is 1. The van der Waals surface area contributed by atoms with E-state index in [1.165, 1.54) is 12.1 Å². The Morgan fingerprint density at radius 2 is 1.81 bits per heavy atom. The average molecular weight is 312 g/mol. The van der Waals surface area contributed by atoms with E-state index in [9.17, 15) is 13.2 Å². The summed E-state index contributed by atoms with van der Waals surface area (Å²) < 4.78 is 33.8. The Kier molecular flexibility index (Phi) is 6.42. The van der Waals surface area contributed by atoms with Gasteiger partial charge >= 0.3 is 6.16 Å². The minimum atomic E-state index is -3.46. The highest BCUT2D eigenvalue weighted by Crippen LogP contribution is 2.13. The smallest absolute Gasteiger partial charge is 0.434 e. The van der Waals surface area contributed by atoms with Gasteiger partial charge in [-0.25, -0.2) is 13.2 Å². The molecule has 0 heterocycles. The molecule has 0 aliphatic rings. The van der Waals surface area contributed by atoms with E-state index in [-0.39, 0.29) is 29.8 Å². The topological polar surface area (TPSA) is 69.7 Å². The Hall–Kier alpha value is -1.82. The monoisotopic (exact) mass is 312 g/mol. The van der Waals surface area contributed by atoms with Crippen LogP contribution in [-0.4, -0.2) is 33.5 Å². The molecule has 0 aromatic heterocycles. The van der Waals surface area contributed by atoms with Gasteiger partial charge in [-0.2, -0.15) is 0 Å². The summed E-state index contributed by atoms with van der Waals surface area (Å²) in [6, 6.07) is 8.06. The van der Waals surface area contributed by atoms with Crippen molar-refractivity contribution in [2.75, 3.05) is 19.0 Å². The maximum atomic E-state index is 12.1. The van der Waals surface area contributed by atoms with Crippen molar-refractivity contribution < 1.29 is 22.7 Å². The van der Waals surface area contributed by atoms with Crippen molar-refractivity contribution in [3.63, 3.8) is 0 Å². The van der Waals surface area contributed by atoms with Gasteiger partial charge in [0.25, 0.3) is 0 Å². The van der Waals surface area contributed by atoms with Crippen molar-refractivity contribution >= 4 is 16.0 Å². The molecule has 21 heavy (non-hydrogen) atoms. The van der Waals surface area contributed by atoms with Crippen LogP contribution in [0, 0.1) is 5.92 Å². The Morgan fingerprint density at radius 3 is 2.38 bits per heavy atom. The van der Waals surface area contributed by atoms with Crippen LogP contribution in [0.2, 0.25) is 0 Å². The first-order valence-electron chi connectivity index (χ1n) is 6.55. The summed E-state index contributed by atoms with van der Waals surface area (Å²) >= 11 is 0. The highest BCUT2D eigenvalue weighted by atomic mass is 32.2. The Balaban J connectivity index is 2.45. The van der Waals surface area contributed by atoms with Gasteiger partial charge in [-0.15, -0.1) is 0 Å². The Bertz CT molecular complexity index is 575. The second-order valence-corrected chi connectivity index (χ2v) is 7.06. The molecule has 1 rings (SSSR count). The molecule has 0 N–H and O–H groups in total. The van der Waals surface area contributed by atoms with Crippen LogP contribution in [0.25, 0.3) is 0 Å². The number of rotatable bonds is 7. The molecule has 0 atom stereocenters. The zero-order valence-corrected chi connectivity index (χ0v) is 13.1. The summed E-state index contributed by atoms with van der Waals surface area (Å²) in [6.07, 6.45) is -0.818. The number of carbonyl (C=O) groups is 1. The summed E-state index contributed by atoms with van der Waals surface area (Å²) in [4.78, 5) is 11.5. The van der Waals surface area contributed by atoms with Crippen molar-refractivity contribution in [3.8, 4) is 0 Å². The molecule has 1 aromatic carbocycles. The molecule has 116 valence electrons. The van der Waals surface area contributed by atoms with E-state index in [1.54, 1.807) is 18.2 Å². The van der Waals surface area contributed by atoms with E-state index in [4.69, 9.17) is 9.47 Å². The van der Waals surface area contributed by atoms with Crippen LogP contribution in [0.3, 0.4) is 0 Å². The maximum Gasteiger partial charge on any atom is 0.508 e. The van der Waals surface area contributed by atoms with E-state index >= 15 is 0 Å². The quantitative estimate of drug-likeness (QED) is 0.572. The fourth-order valence-corrected chi connectivity index (χ4v) is 2.82. The number of ether oxygens (including phenoxy) is 2. The van der Waals surface area contributed by atoms with Gasteiger partial charge < -0.3 is 9.47 Å². The van der Waals surface area contributed by atoms with Gasteiger partial charge in [0.15, 0.2) is 9.84 Å². The lowest BCUT2D eigenvalue weighted by Gasteiger charge is -2.10. The lowest BCUT2D eigenvalue weighted by atomic mass is 10.2. The molecule has 1 aromatic rings. The molecular weight excluding hydrogens is 292 g/mol.